The Morgan fingerprint density at radius 3 is 2.52 bits per heavy atom. The Kier molecular flexibility index (Phi) is 6.45. The molecule has 1 saturated carbocycles. The predicted octanol–water partition coefficient (Wildman–Crippen LogP) is 4.26. The Morgan fingerprint density at radius 2 is 1.88 bits per heavy atom. The molecule has 0 spiro atoms. The molecular weight excluding hydrogens is 442 g/mol. The summed E-state index contributed by atoms with van der Waals surface area (Å²) in [5.41, 5.74) is -0.0636. The number of nitrogens with zero attached hydrogens (tertiary/aromatic N) is 3. The molecule has 33 heavy (non-hydrogen) atoms. The highest BCUT2D eigenvalue weighted by Crippen LogP contribution is 2.36. The number of alkyl halides is 3. The molecule has 4 rings (SSSR count). The number of carboxylic acids is 1. The van der Waals surface area contributed by atoms with E-state index in [0.717, 1.165) is 0 Å². The maximum atomic E-state index is 13.6. The van der Waals surface area contributed by atoms with Crippen molar-refractivity contribution in [2.75, 3.05) is 6.54 Å². The fraction of sp³-hybridized carbons (Fsp3) is 0.522. The van der Waals surface area contributed by atoms with Gasteiger partial charge in [0.05, 0.1) is 24.7 Å². The van der Waals surface area contributed by atoms with Gasteiger partial charge in [-0.15, -0.1) is 0 Å². The summed E-state index contributed by atoms with van der Waals surface area (Å²) >= 11 is 0. The van der Waals surface area contributed by atoms with Crippen molar-refractivity contribution in [2.24, 2.45) is 11.8 Å². The van der Waals surface area contributed by atoms with Gasteiger partial charge in [-0.2, -0.15) is 18.3 Å². The highest BCUT2D eigenvalue weighted by atomic mass is 19.4. The SMILES string of the molecule is O=C(O)C1CCC(CC(=O)N2CCc3c(C(F)(F)F)nn(Cc4cccc(F)c4)c3C2)CC1. The van der Waals surface area contributed by atoms with E-state index in [1.807, 2.05) is 0 Å². The summed E-state index contributed by atoms with van der Waals surface area (Å²) in [5, 5.41) is 12.9. The lowest BCUT2D eigenvalue weighted by molar-refractivity contribution is -0.143. The van der Waals surface area contributed by atoms with Gasteiger partial charge in [-0.05, 0) is 55.7 Å². The minimum absolute atomic E-state index is 0.0109. The van der Waals surface area contributed by atoms with E-state index in [1.165, 1.54) is 22.9 Å². The largest absolute Gasteiger partial charge is 0.481 e. The number of halogens is 4. The van der Waals surface area contributed by atoms with E-state index in [4.69, 9.17) is 5.11 Å². The molecule has 0 atom stereocenters. The van der Waals surface area contributed by atoms with Crippen LogP contribution in [0.15, 0.2) is 24.3 Å². The first-order valence-electron chi connectivity index (χ1n) is 11.0. The lowest BCUT2D eigenvalue weighted by atomic mass is 9.80. The summed E-state index contributed by atoms with van der Waals surface area (Å²) in [4.78, 5) is 25.6. The number of hydrogen-bond donors (Lipinski definition) is 1. The van der Waals surface area contributed by atoms with E-state index in [2.05, 4.69) is 5.10 Å². The third kappa shape index (κ3) is 5.20. The summed E-state index contributed by atoms with van der Waals surface area (Å²) in [7, 11) is 0. The first kappa shape index (κ1) is 23.3. The van der Waals surface area contributed by atoms with Gasteiger partial charge in [0, 0.05) is 18.5 Å². The number of rotatable bonds is 5. The molecule has 178 valence electrons. The summed E-state index contributed by atoms with van der Waals surface area (Å²) in [5.74, 6) is -1.73. The third-order valence-corrected chi connectivity index (χ3v) is 6.64. The zero-order valence-corrected chi connectivity index (χ0v) is 17.9. The van der Waals surface area contributed by atoms with Crippen LogP contribution in [0, 0.1) is 17.7 Å². The van der Waals surface area contributed by atoms with Gasteiger partial charge in [-0.3, -0.25) is 14.3 Å². The van der Waals surface area contributed by atoms with Gasteiger partial charge in [-0.1, -0.05) is 12.1 Å². The van der Waals surface area contributed by atoms with Gasteiger partial charge < -0.3 is 10.0 Å². The van der Waals surface area contributed by atoms with Crippen LogP contribution in [-0.4, -0.2) is 38.2 Å². The Balaban J connectivity index is 1.50. The van der Waals surface area contributed by atoms with Crippen molar-refractivity contribution in [1.29, 1.82) is 0 Å². The number of hydrogen-bond acceptors (Lipinski definition) is 3. The number of carboxylic acid groups (broad SMARTS) is 1. The molecule has 1 amide bonds. The van der Waals surface area contributed by atoms with E-state index < -0.39 is 23.7 Å². The van der Waals surface area contributed by atoms with Crippen molar-refractivity contribution < 1.29 is 32.3 Å². The fourth-order valence-electron chi connectivity index (χ4n) is 4.85. The minimum Gasteiger partial charge on any atom is -0.481 e. The molecule has 1 N–H and O–H groups in total. The Bertz CT molecular complexity index is 1040. The molecule has 2 aromatic rings. The van der Waals surface area contributed by atoms with E-state index in [0.29, 0.717) is 36.9 Å². The Labute approximate surface area is 188 Å². The zero-order chi connectivity index (χ0) is 23.8. The van der Waals surface area contributed by atoms with E-state index in [1.54, 1.807) is 11.0 Å². The topological polar surface area (TPSA) is 75.4 Å². The molecule has 0 radical (unpaired) electrons. The molecule has 1 aromatic heterocycles. The van der Waals surface area contributed by atoms with Crippen molar-refractivity contribution in [1.82, 2.24) is 14.7 Å². The lowest BCUT2D eigenvalue weighted by Crippen LogP contribution is -2.38. The maximum Gasteiger partial charge on any atom is 0.435 e. The van der Waals surface area contributed by atoms with Crippen molar-refractivity contribution in [2.45, 2.75) is 57.8 Å². The molecule has 1 fully saturated rings. The second-order valence-corrected chi connectivity index (χ2v) is 8.88. The van der Waals surface area contributed by atoms with Crippen LogP contribution in [0.2, 0.25) is 0 Å². The fourth-order valence-corrected chi connectivity index (χ4v) is 4.85. The van der Waals surface area contributed by atoms with Crippen molar-refractivity contribution in [3.63, 3.8) is 0 Å². The molecular formula is C23H25F4N3O3. The monoisotopic (exact) mass is 467 g/mol. The van der Waals surface area contributed by atoms with Gasteiger partial charge >= 0.3 is 12.1 Å². The summed E-state index contributed by atoms with van der Waals surface area (Å²) in [6, 6.07) is 5.61. The molecule has 1 aliphatic carbocycles. The smallest absolute Gasteiger partial charge is 0.435 e. The highest BCUT2D eigenvalue weighted by molar-refractivity contribution is 5.77. The normalized spacial score (nSPS) is 21.0. The van der Waals surface area contributed by atoms with Crippen LogP contribution in [0.25, 0.3) is 0 Å². The molecule has 10 heteroatoms. The average Bonchev–Trinajstić information content (AvgIpc) is 3.12. The van der Waals surface area contributed by atoms with Crippen LogP contribution in [0.3, 0.4) is 0 Å². The molecule has 1 aliphatic heterocycles. The zero-order valence-electron chi connectivity index (χ0n) is 17.9. The van der Waals surface area contributed by atoms with Crippen LogP contribution in [0.5, 0.6) is 0 Å². The second kappa shape index (κ2) is 9.15. The Hall–Kier alpha value is -2.91. The third-order valence-electron chi connectivity index (χ3n) is 6.64. The van der Waals surface area contributed by atoms with Gasteiger partial charge in [0.15, 0.2) is 5.69 Å². The van der Waals surface area contributed by atoms with Crippen molar-refractivity contribution in [3.8, 4) is 0 Å². The number of carbonyl (C=O) groups excluding carboxylic acids is 1. The van der Waals surface area contributed by atoms with E-state index in [-0.39, 0.29) is 55.8 Å². The van der Waals surface area contributed by atoms with Crippen LogP contribution in [-0.2, 0) is 35.3 Å². The van der Waals surface area contributed by atoms with Crippen molar-refractivity contribution >= 4 is 11.9 Å². The number of carbonyl (C=O) groups is 2. The average molecular weight is 467 g/mol. The number of aliphatic carboxylic acids is 1. The van der Waals surface area contributed by atoms with Gasteiger partial charge in [0.25, 0.3) is 0 Å². The molecule has 2 heterocycles. The molecule has 0 saturated heterocycles. The standard InChI is InChI=1S/C23H25F4N3O3/c24-17-3-1-2-15(10-17)12-30-19-13-29(9-8-18(19)21(28-30)23(25,26)27)20(31)11-14-4-6-16(7-5-14)22(32)33/h1-3,10,14,16H,4-9,11-13H2,(H,32,33). The second-order valence-electron chi connectivity index (χ2n) is 8.88. The van der Waals surface area contributed by atoms with Crippen LogP contribution < -0.4 is 0 Å². The number of amides is 1. The van der Waals surface area contributed by atoms with E-state index in [9.17, 15) is 27.2 Å². The summed E-state index contributed by atoms with van der Waals surface area (Å²) in [6.07, 6.45) is -1.95. The molecule has 1 aromatic carbocycles. The number of benzene rings is 1. The van der Waals surface area contributed by atoms with Crippen LogP contribution >= 0.6 is 0 Å². The van der Waals surface area contributed by atoms with E-state index >= 15 is 0 Å². The van der Waals surface area contributed by atoms with Crippen LogP contribution in [0.1, 0.15) is 54.6 Å². The van der Waals surface area contributed by atoms with Gasteiger partial charge in [0.2, 0.25) is 5.91 Å². The van der Waals surface area contributed by atoms with Gasteiger partial charge in [-0.25, -0.2) is 4.39 Å². The number of fused-ring (bicyclic) bond motifs is 1. The lowest BCUT2D eigenvalue weighted by Gasteiger charge is -2.31. The molecule has 6 nitrogen and oxygen atoms in total. The van der Waals surface area contributed by atoms with Gasteiger partial charge in [0.1, 0.15) is 5.82 Å². The summed E-state index contributed by atoms with van der Waals surface area (Å²) in [6.45, 7) is 0.152. The predicted molar refractivity (Wildman–Crippen MR) is 110 cm³/mol. The first-order chi connectivity index (χ1) is 15.6. The quantitative estimate of drug-likeness (QED) is 0.667. The number of aromatic nitrogens is 2. The maximum absolute atomic E-state index is 13.6. The summed E-state index contributed by atoms with van der Waals surface area (Å²) < 4.78 is 55.6. The van der Waals surface area contributed by atoms with Crippen molar-refractivity contribution in [3.05, 3.63) is 52.6 Å². The minimum atomic E-state index is -4.62. The molecule has 2 aliphatic rings. The van der Waals surface area contributed by atoms with Crippen LogP contribution in [0.4, 0.5) is 17.6 Å². The first-order valence-corrected chi connectivity index (χ1v) is 11.0. The molecule has 0 unspecified atom stereocenters. The Morgan fingerprint density at radius 1 is 1.15 bits per heavy atom. The molecule has 0 bridgehead atoms. The highest BCUT2D eigenvalue weighted by Gasteiger charge is 2.41.